The average molecular weight is 245 g/mol. The van der Waals surface area contributed by atoms with E-state index >= 15 is 0 Å². The lowest BCUT2D eigenvalue weighted by atomic mass is 10.0. The number of rotatable bonds is 12. The van der Waals surface area contributed by atoms with Crippen molar-refractivity contribution in [2.45, 2.75) is 83.3 Å². The zero-order valence-corrected chi connectivity index (χ0v) is 11.4. The van der Waals surface area contributed by atoms with Crippen LogP contribution >= 0.6 is 0 Å². The maximum atomic E-state index is 9.53. The Labute approximate surface area is 106 Å². The molecule has 0 fully saturated rings. The van der Waals surface area contributed by atoms with Crippen LogP contribution in [0.4, 0.5) is 0 Å². The van der Waals surface area contributed by atoms with Gasteiger partial charge < -0.3 is 15.9 Å². The van der Waals surface area contributed by atoms with E-state index in [-0.39, 0.29) is 6.61 Å². The van der Waals surface area contributed by atoms with E-state index in [0.29, 0.717) is 0 Å². The molecule has 17 heavy (non-hydrogen) atoms. The molecule has 4 N–H and O–H groups in total. The smallest absolute Gasteiger partial charge is 0.0713 e. The highest BCUT2D eigenvalue weighted by Gasteiger charge is 2.12. The Kier molecular flexibility index (Phi) is 12.3. The summed E-state index contributed by atoms with van der Waals surface area (Å²) in [5.41, 5.74) is 5.53. The highest BCUT2D eigenvalue weighted by Crippen LogP contribution is 2.11. The van der Waals surface area contributed by atoms with Crippen molar-refractivity contribution in [2.75, 3.05) is 6.61 Å². The SMILES string of the molecule is CCCCCCCCCCCC(O)C(N)CO. The van der Waals surface area contributed by atoms with Gasteiger partial charge in [0, 0.05) is 0 Å². The number of aliphatic hydroxyl groups is 2. The molecular formula is C14H31NO2. The summed E-state index contributed by atoms with van der Waals surface area (Å²) in [6.07, 6.45) is 11.7. The third kappa shape index (κ3) is 10.7. The molecule has 0 aliphatic carbocycles. The molecule has 0 aromatic heterocycles. The molecule has 0 spiro atoms. The minimum atomic E-state index is -0.537. The van der Waals surface area contributed by atoms with Crippen LogP contribution in [-0.4, -0.2) is 29.0 Å². The van der Waals surface area contributed by atoms with Gasteiger partial charge in [0.1, 0.15) is 0 Å². The summed E-state index contributed by atoms with van der Waals surface area (Å²) >= 11 is 0. The second-order valence-corrected chi connectivity index (χ2v) is 5.03. The lowest BCUT2D eigenvalue weighted by Gasteiger charge is -2.15. The Morgan fingerprint density at radius 2 is 1.35 bits per heavy atom. The number of nitrogens with two attached hydrogens (primary N) is 1. The fourth-order valence-corrected chi connectivity index (χ4v) is 2.00. The Bertz CT molecular complexity index is 153. The van der Waals surface area contributed by atoms with Gasteiger partial charge >= 0.3 is 0 Å². The average Bonchev–Trinajstić information content (AvgIpc) is 2.35. The Morgan fingerprint density at radius 1 is 0.882 bits per heavy atom. The number of unbranched alkanes of at least 4 members (excludes halogenated alkanes) is 8. The zero-order valence-electron chi connectivity index (χ0n) is 11.4. The van der Waals surface area contributed by atoms with Crippen LogP contribution in [0.5, 0.6) is 0 Å². The topological polar surface area (TPSA) is 66.5 Å². The first kappa shape index (κ1) is 16.9. The van der Waals surface area contributed by atoms with Crippen molar-refractivity contribution < 1.29 is 10.2 Å². The molecule has 0 heterocycles. The van der Waals surface area contributed by atoms with Crippen molar-refractivity contribution >= 4 is 0 Å². The molecule has 0 aromatic carbocycles. The second-order valence-electron chi connectivity index (χ2n) is 5.03. The summed E-state index contributed by atoms with van der Waals surface area (Å²) < 4.78 is 0. The van der Waals surface area contributed by atoms with E-state index in [1.165, 1.54) is 51.4 Å². The van der Waals surface area contributed by atoms with Crippen LogP contribution in [0.25, 0.3) is 0 Å². The minimum absolute atomic E-state index is 0.126. The zero-order chi connectivity index (χ0) is 12.9. The molecule has 3 nitrogen and oxygen atoms in total. The first-order chi connectivity index (χ1) is 8.22. The van der Waals surface area contributed by atoms with Crippen molar-refractivity contribution in [1.29, 1.82) is 0 Å². The molecular weight excluding hydrogens is 214 g/mol. The molecule has 104 valence electrons. The molecule has 2 atom stereocenters. The van der Waals surface area contributed by atoms with Crippen molar-refractivity contribution in [3.05, 3.63) is 0 Å². The normalized spacial score (nSPS) is 14.8. The van der Waals surface area contributed by atoms with E-state index in [9.17, 15) is 5.11 Å². The standard InChI is InChI=1S/C14H31NO2/c1-2-3-4-5-6-7-8-9-10-11-14(17)13(15)12-16/h13-14,16-17H,2-12,15H2,1H3. The summed E-state index contributed by atoms with van der Waals surface area (Å²) in [6, 6.07) is -0.468. The van der Waals surface area contributed by atoms with Gasteiger partial charge in [0.25, 0.3) is 0 Å². The summed E-state index contributed by atoms with van der Waals surface area (Å²) in [6.45, 7) is 2.11. The number of hydrogen-bond donors (Lipinski definition) is 3. The van der Waals surface area contributed by atoms with Gasteiger partial charge in [0.05, 0.1) is 18.8 Å². The van der Waals surface area contributed by atoms with Gasteiger partial charge in [-0.25, -0.2) is 0 Å². The highest BCUT2D eigenvalue weighted by molar-refractivity contribution is 4.70. The number of hydrogen-bond acceptors (Lipinski definition) is 3. The highest BCUT2D eigenvalue weighted by atomic mass is 16.3. The van der Waals surface area contributed by atoms with E-state index in [1.807, 2.05) is 0 Å². The van der Waals surface area contributed by atoms with E-state index in [4.69, 9.17) is 10.8 Å². The Morgan fingerprint density at radius 3 is 1.82 bits per heavy atom. The van der Waals surface area contributed by atoms with E-state index in [0.717, 1.165) is 12.8 Å². The van der Waals surface area contributed by atoms with Crippen molar-refractivity contribution in [2.24, 2.45) is 5.73 Å². The van der Waals surface area contributed by atoms with Gasteiger partial charge in [-0.2, -0.15) is 0 Å². The first-order valence-electron chi connectivity index (χ1n) is 7.26. The van der Waals surface area contributed by atoms with Crippen molar-refractivity contribution in [3.63, 3.8) is 0 Å². The van der Waals surface area contributed by atoms with Crippen molar-refractivity contribution in [3.8, 4) is 0 Å². The van der Waals surface area contributed by atoms with Gasteiger partial charge in [0.15, 0.2) is 0 Å². The first-order valence-corrected chi connectivity index (χ1v) is 7.26. The van der Waals surface area contributed by atoms with Gasteiger partial charge in [-0.15, -0.1) is 0 Å². The molecule has 0 rings (SSSR count). The van der Waals surface area contributed by atoms with Gasteiger partial charge in [-0.05, 0) is 6.42 Å². The van der Waals surface area contributed by atoms with Crippen LogP contribution in [0.15, 0.2) is 0 Å². The molecule has 0 saturated carbocycles. The van der Waals surface area contributed by atoms with E-state index < -0.39 is 12.1 Å². The minimum Gasteiger partial charge on any atom is -0.395 e. The van der Waals surface area contributed by atoms with Crippen LogP contribution < -0.4 is 5.73 Å². The Balaban J connectivity index is 3.13. The molecule has 0 radical (unpaired) electrons. The third-order valence-corrected chi connectivity index (χ3v) is 3.31. The number of aliphatic hydroxyl groups excluding tert-OH is 2. The second kappa shape index (κ2) is 12.3. The lowest BCUT2D eigenvalue weighted by Crippen LogP contribution is -2.37. The molecule has 0 amide bonds. The fourth-order valence-electron chi connectivity index (χ4n) is 2.00. The van der Waals surface area contributed by atoms with Crippen LogP contribution in [0.2, 0.25) is 0 Å². The molecule has 0 aliphatic rings. The van der Waals surface area contributed by atoms with Crippen LogP contribution in [0, 0.1) is 0 Å². The molecule has 3 heteroatoms. The summed E-state index contributed by atoms with van der Waals surface area (Å²) in [5.74, 6) is 0. The quantitative estimate of drug-likeness (QED) is 0.463. The van der Waals surface area contributed by atoms with Gasteiger partial charge in [-0.1, -0.05) is 64.7 Å². The summed E-state index contributed by atoms with van der Waals surface area (Å²) in [5, 5.41) is 18.3. The maximum absolute atomic E-state index is 9.53. The maximum Gasteiger partial charge on any atom is 0.0713 e. The van der Waals surface area contributed by atoms with Crippen LogP contribution in [-0.2, 0) is 0 Å². The molecule has 2 unspecified atom stereocenters. The van der Waals surface area contributed by atoms with E-state index in [1.54, 1.807) is 0 Å². The molecule has 0 aliphatic heterocycles. The van der Waals surface area contributed by atoms with Crippen LogP contribution in [0.1, 0.15) is 71.1 Å². The Hall–Kier alpha value is -0.120. The lowest BCUT2D eigenvalue weighted by molar-refractivity contribution is 0.0990. The fraction of sp³-hybridized carbons (Fsp3) is 1.00. The summed E-state index contributed by atoms with van der Waals surface area (Å²) in [4.78, 5) is 0. The predicted octanol–water partition coefficient (Wildman–Crippen LogP) is 2.59. The van der Waals surface area contributed by atoms with Crippen molar-refractivity contribution in [1.82, 2.24) is 0 Å². The molecule has 0 aromatic rings. The predicted molar refractivity (Wildman–Crippen MR) is 72.9 cm³/mol. The molecule has 0 bridgehead atoms. The van der Waals surface area contributed by atoms with E-state index in [2.05, 4.69) is 6.92 Å². The summed E-state index contributed by atoms with van der Waals surface area (Å²) in [7, 11) is 0. The third-order valence-electron chi connectivity index (χ3n) is 3.31. The molecule has 0 saturated heterocycles. The largest absolute Gasteiger partial charge is 0.395 e. The monoisotopic (exact) mass is 245 g/mol. The van der Waals surface area contributed by atoms with Gasteiger partial charge in [-0.3, -0.25) is 0 Å². The van der Waals surface area contributed by atoms with Crippen LogP contribution in [0.3, 0.4) is 0 Å². The van der Waals surface area contributed by atoms with Gasteiger partial charge in [0.2, 0.25) is 0 Å².